The molecule has 20 heavy (non-hydrogen) atoms. The maximum Gasteiger partial charge on any atom is 0.252 e. The number of nitrogens with one attached hydrogen (secondary N) is 2. The van der Waals surface area contributed by atoms with Gasteiger partial charge in [-0.1, -0.05) is 0 Å². The summed E-state index contributed by atoms with van der Waals surface area (Å²) in [4.78, 5) is 16.0. The molecule has 0 bridgehead atoms. The molecule has 1 aliphatic carbocycles. The van der Waals surface area contributed by atoms with Crippen molar-refractivity contribution in [3.8, 4) is 0 Å². The zero-order chi connectivity index (χ0) is 14.2. The zero-order valence-corrected chi connectivity index (χ0v) is 12.0. The Bertz CT molecular complexity index is 416. The second-order valence-electron chi connectivity index (χ2n) is 5.09. The van der Waals surface area contributed by atoms with Crippen molar-refractivity contribution >= 4 is 11.7 Å². The third-order valence-electron chi connectivity index (χ3n) is 3.19. The standard InChI is InChI=1S/C15H23N3O2/c1-2-16-14-7-6-13(10-18-14)15(19)17-8-3-9-20-11-12-4-5-12/h6-7,10,12H,2-5,8-9,11H2,1H3,(H,16,18)(H,17,19). The van der Waals surface area contributed by atoms with E-state index in [1.807, 2.05) is 13.0 Å². The normalized spacial score (nSPS) is 14.1. The van der Waals surface area contributed by atoms with Gasteiger partial charge in [-0.3, -0.25) is 4.79 Å². The molecule has 0 aliphatic heterocycles. The molecule has 0 unspecified atom stereocenters. The summed E-state index contributed by atoms with van der Waals surface area (Å²) < 4.78 is 5.52. The molecule has 1 saturated carbocycles. The first-order valence-corrected chi connectivity index (χ1v) is 7.35. The number of hydrogen-bond donors (Lipinski definition) is 2. The zero-order valence-electron chi connectivity index (χ0n) is 12.0. The summed E-state index contributed by atoms with van der Waals surface area (Å²) in [6.45, 7) is 5.06. The van der Waals surface area contributed by atoms with Crippen LogP contribution in [0.5, 0.6) is 0 Å². The lowest BCUT2D eigenvalue weighted by Gasteiger charge is -2.07. The van der Waals surface area contributed by atoms with E-state index < -0.39 is 0 Å². The summed E-state index contributed by atoms with van der Waals surface area (Å²) in [7, 11) is 0. The van der Waals surface area contributed by atoms with E-state index in [0.717, 1.165) is 31.3 Å². The first kappa shape index (κ1) is 14.8. The predicted molar refractivity (Wildman–Crippen MR) is 78.9 cm³/mol. The number of aromatic nitrogens is 1. The molecule has 1 fully saturated rings. The number of carbonyl (C=O) groups excluding carboxylic acids is 1. The Hall–Kier alpha value is -1.62. The van der Waals surface area contributed by atoms with E-state index in [1.54, 1.807) is 12.3 Å². The van der Waals surface area contributed by atoms with Crippen molar-refractivity contribution in [2.45, 2.75) is 26.2 Å². The Labute approximate surface area is 120 Å². The number of rotatable bonds is 9. The quantitative estimate of drug-likeness (QED) is 0.678. The Morgan fingerprint density at radius 3 is 2.95 bits per heavy atom. The van der Waals surface area contributed by atoms with E-state index in [4.69, 9.17) is 4.74 Å². The average molecular weight is 277 g/mol. The van der Waals surface area contributed by atoms with Gasteiger partial charge < -0.3 is 15.4 Å². The van der Waals surface area contributed by atoms with E-state index in [1.165, 1.54) is 12.8 Å². The minimum Gasteiger partial charge on any atom is -0.381 e. The summed E-state index contributed by atoms with van der Waals surface area (Å²) in [6.07, 6.45) is 5.07. The highest BCUT2D eigenvalue weighted by atomic mass is 16.5. The molecule has 0 saturated heterocycles. The van der Waals surface area contributed by atoms with E-state index in [0.29, 0.717) is 18.7 Å². The maximum absolute atomic E-state index is 11.9. The van der Waals surface area contributed by atoms with Gasteiger partial charge >= 0.3 is 0 Å². The third-order valence-corrected chi connectivity index (χ3v) is 3.19. The van der Waals surface area contributed by atoms with Gasteiger partial charge in [0.05, 0.1) is 5.56 Å². The number of nitrogens with zero attached hydrogens (tertiary/aromatic N) is 1. The fraction of sp³-hybridized carbons (Fsp3) is 0.600. The van der Waals surface area contributed by atoms with Crippen LogP contribution in [0, 0.1) is 5.92 Å². The van der Waals surface area contributed by atoms with Gasteiger partial charge in [-0.05, 0) is 44.2 Å². The fourth-order valence-electron chi connectivity index (χ4n) is 1.83. The lowest BCUT2D eigenvalue weighted by molar-refractivity contribution is 0.0937. The van der Waals surface area contributed by atoms with Crippen molar-refractivity contribution in [1.82, 2.24) is 10.3 Å². The summed E-state index contributed by atoms with van der Waals surface area (Å²) in [5, 5.41) is 5.97. The lowest BCUT2D eigenvalue weighted by Crippen LogP contribution is -2.25. The van der Waals surface area contributed by atoms with Crippen molar-refractivity contribution in [3.63, 3.8) is 0 Å². The largest absolute Gasteiger partial charge is 0.381 e. The molecule has 1 aliphatic rings. The molecular weight excluding hydrogens is 254 g/mol. The maximum atomic E-state index is 11.9. The summed E-state index contributed by atoms with van der Waals surface area (Å²) in [5.41, 5.74) is 0.588. The minimum atomic E-state index is -0.0808. The number of amides is 1. The van der Waals surface area contributed by atoms with Crippen LogP contribution in [0.3, 0.4) is 0 Å². The molecule has 0 aromatic carbocycles. The van der Waals surface area contributed by atoms with E-state index in [2.05, 4.69) is 15.6 Å². The van der Waals surface area contributed by atoms with Crippen LogP contribution in [0.4, 0.5) is 5.82 Å². The molecule has 2 N–H and O–H groups in total. The van der Waals surface area contributed by atoms with Crippen molar-refractivity contribution in [2.24, 2.45) is 5.92 Å². The van der Waals surface area contributed by atoms with Crippen LogP contribution in [0.2, 0.25) is 0 Å². The number of ether oxygens (including phenoxy) is 1. The molecular formula is C15H23N3O2. The first-order chi connectivity index (χ1) is 9.79. The molecule has 110 valence electrons. The van der Waals surface area contributed by atoms with Crippen molar-refractivity contribution < 1.29 is 9.53 Å². The number of carbonyl (C=O) groups is 1. The minimum absolute atomic E-state index is 0.0808. The molecule has 0 radical (unpaired) electrons. The monoisotopic (exact) mass is 277 g/mol. The second kappa shape index (κ2) is 7.85. The molecule has 5 heteroatoms. The summed E-state index contributed by atoms with van der Waals surface area (Å²) in [5.74, 6) is 1.51. The van der Waals surface area contributed by atoms with Crippen LogP contribution in [0.15, 0.2) is 18.3 Å². The van der Waals surface area contributed by atoms with Gasteiger partial charge in [0.25, 0.3) is 5.91 Å². The van der Waals surface area contributed by atoms with Gasteiger partial charge in [-0.2, -0.15) is 0 Å². The van der Waals surface area contributed by atoms with Crippen LogP contribution < -0.4 is 10.6 Å². The fourth-order valence-corrected chi connectivity index (χ4v) is 1.83. The van der Waals surface area contributed by atoms with E-state index in [9.17, 15) is 4.79 Å². The van der Waals surface area contributed by atoms with Gasteiger partial charge in [-0.25, -0.2) is 4.98 Å². The van der Waals surface area contributed by atoms with Gasteiger partial charge in [0, 0.05) is 32.5 Å². The third kappa shape index (κ3) is 5.17. The number of pyridine rings is 1. The van der Waals surface area contributed by atoms with E-state index in [-0.39, 0.29) is 5.91 Å². The number of hydrogen-bond acceptors (Lipinski definition) is 4. The molecule has 5 nitrogen and oxygen atoms in total. The van der Waals surface area contributed by atoms with Crippen LogP contribution in [-0.2, 0) is 4.74 Å². The van der Waals surface area contributed by atoms with Gasteiger partial charge in [0.1, 0.15) is 5.82 Å². The highest BCUT2D eigenvalue weighted by Gasteiger charge is 2.20. The van der Waals surface area contributed by atoms with Gasteiger partial charge in [-0.15, -0.1) is 0 Å². The molecule has 0 spiro atoms. The molecule has 1 aromatic heterocycles. The SMILES string of the molecule is CCNc1ccc(C(=O)NCCCOCC2CC2)cn1. The Kier molecular flexibility index (Phi) is 5.80. The van der Waals surface area contributed by atoms with Crippen LogP contribution in [0.25, 0.3) is 0 Å². The number of anilines is 1. The van der Waals surface area contributed by atoms with Gasteiger partial charge in [0.15, 0.2) is 0 Å². The second-order valence-corrected chi connectivity index (χ2v) is 5.09. The molecule has 1 heterocycles. The average Bonchev–Trinajstić information content (AvgIpc) is 3.28. The van der Waals surface area contributed by atoms with Crippen molar-refractivity contribution in [1.29, 1.82) is 0 Å². The van der Waals surface area contributed by atoms with Crippen molar-refractivity contribution in [2.75, 3.05) is 31.6 Å². The molecule has 1 aromatic rings. The topological polar surface area (TPSA) is 63.2 Å². The van der Waals surface area contributed by atoms with Crippen LogP contribution in [0.1, 0.15) is 36.5 Å². The Balaban J connectivity index is 1.60. The Morgan fingerprint density at radius 2 is 2.30 bits per heavy atom. The van der Waals surface area contributed by atoms with Crippen LogP contribution in [-0.4, -0.2) is 37.2 Å². The smallest absolute Gasteiger partial charge is 0.252 e. The molecule has 0 atom stereocenters. The lowest BCUT2D eigenvalue weighted by atomic mass is 10.2. The Morgan fingerprint density at radius 1 is 1.45 bits per heavy atom. The highest BCUT2D eigenvalue weighted by molar-refractivity contribution is 5.93. The van der Waals surface area contributed by atoms with Crippen LogP contribution >= 0.6 is 0 Å². The predicted octanol–water partition coefficient (Wildman–Crippen LogP) is 2.06. The highest BCUT2D eigenvalue weighted by Crippen LogP contribution is 2.28. The summed E-state index contributed by atoms with van der Waals surface area (Å²) >= 11 is 0. The molecule has 1 amide bonds. The van der Waals surface area contributed by atoms with Crippen molar-refractivity contribution in [3.05, 3.63) is 23.9 Å². The molecule has 2 rings (SSSR count). The van der Waals surface area contributed by atoms with E-state index >= 15 is 0 Å². The first-order valence-electron chi connectivity index (χ1n) is 7.35. The van der Waals surface area contributed by atoms with Gasteiger partial charge in [0.2, 0.25) is 0 Å². The summed E-state index contributed by atoms with van der Waals surface area (Å²) in [6, 6.07) is 3.60.